The monoisotopic (exact) mass is 765 g/mol. The van der Waals surface area contributed by atoms with Gasteiger partial charge in [0.15, 0.2) is 0 Å². The molecule has 0 aliphatic rings. The highest BCUT2D eigenvalue weighted by Gasteiger charge is 2.01. The molecule has 0 aromatic heterocycles. The van der Waals surface area contributed by atoms with Gasteiger partial charge in [-0.15, -0.1) is 0 Å². The molecule has 0 rings (SSSR count). The molecule has 0 bridgehead atoms. The summed E-state index contributed by atoms with van der Waals surface area (Å²) >= 11 is 0. The summed E-state index contributed by atoms with van der Waals surface area (Å²) in [6, 6.07) is 0. The second kappa shape index (κ2) is 51.9. The minimum atomic E-state index is -0.0622. The molecule has 0 spiro atoms. The molecule has 324 valence electrons. The number of hydrogen-bond acceptors (Lipinski definition) is 4. The summed E-state index contributed by atoms with van der Waals surface area (Å²) in [7, 11) is 2.94. The Morgan fingerprint density at radius 1 is 0.241 bits per heavy atom. The van der Waals surface area contributed by atoms with Gasteiger partial charge in [-0.2, -0.15) is 0 Å². The van der Waals surface area contributed by atoms with E-state index in [1.165, 1.54) is 271 Å². The van der Waals surface area contributed by atoms with E-state index in [0.29, 0.717) is 12.8 Å². The number of ether oxygens (including phenoxy) is 2. The lowest BCUT2D eigenvalue weighted by atomic mass is 10.0. The van der Waals surface area contributed by atoms with Crippen molar-refractivity contribution >= 4 is 11.9 Å². The Morgan fingerprint density at radius 2 is 0.370 bits per heavy atom. The van der Waals surface area contributed by atoms with E-state index in [9.17, 15) is 9.59 Å². The molecule has 4 nitrogen and oxygen atoms in total. The van der Waals surface area contributed by atoms with Crippen LogP contribution in [0.1, 0.15) is 296 Å². The van der Waals surface area contributed by atoms with Gasteiger partial charge in [0.25, 0.3) is 0 Å². The summed E-state index contributed by atoms with van der Waals surface area (Å²) in [5.74, 6) is -0.124. The summed E-state index contributed by atoms with van der Waals surface area (Å²) in [6.07, 6.45) is 59.6. The van der Waals surface area contributed by atoms with Gasteiger partial charge in [0.1, 0.15) is 0 Å². The van der Waals surface area contributed by atoms with Crippen molar-refractivity contribution in [2.75, 3.05) is 14.2 Å². The van der Waals surface area contributed by atoms with E-state index in [0.717, 1.165) is 12.8 Å². The maximum atomic E-state index is 11.0. The minimum Gasteiger partial charge on any atom is -0.469 e. The zero-order valence-electron chi connectivity index (χ0n) is 37.7. The maximum absolute atomic E-state index is 11.0. The molecule has 0 aromatic rings. The van der Waals surface area contributed by atoms with Crippen molar-refractivity contribution in [3.8, 4) is 0 Å². The van der Waals surface area contributed by atoms with Crippen molar-refractivity contribution in [1.82, 2.24) is 0 Å². The molecule has 0 heterocycles. The molecule has 0 aliphatic carbocycles. The van der Waals surface area contributed by atoms with Crippen molar-refractivity contribution < 1.29 is 19.1 Å². The van der Waals surface area contributed by atoms with E-state index in [1.807, 2.05) is 0 Å². The molecule has 0 saturated carbocycles. The third kappa shape index (κ3) is 53.0. The maximum Gasteiger partial charge on any atom is 0.305 e. The molecule has 0 N–H and O–H groups in total. The molecular formula is C50H100O4. The highest BCUT2D eigenvalue weighted by Crippen LogP contribution is 2.17. The zero-order valence-corrected chi connectivity index (χ0v) is 37.7. The summed E-state index contributed by atoms with van der Waals surface area (Å²) in [6.45, 7) is 4.58. The topological polar surface area (TPSA) is 52.6 Å². The lowest BCUT2D eigenvalue weighted by Crippen LogP contribution is -1.99. The lowest BCUT2D eigenvalue weighted by molar-refractivity contribution is -0.141. The van der Waals surface area contributed by atoms with Crippen LogP contribution in [0.25, 0.3) is 0 Å². The first-order valence-electron chi connectivity index (χ1n) is 24.8. The van der Waals surface area contributed by atoms with Gasteiger partial charge in [-0.25, -0.2) is 0 Å². The van der Waals surface area contributed by atoms with E-state index in [4.69, 9.17) is 0 Å². The molecule has 0 radical (unpaired) electrons. The van der Waals surface area contributed by atoms with Crippen LogP contribution in [0.2, 0.25) is 0 Å². The fourth-order valence-electron chi connectivity index (χ4n) is 7.61. The van der Waals surface area contributed by atoms with E-state index in [1.54, 1.807) is 0 Å². The Morgan fingerprint density at radius 3 is 0.500 bits per heavy atom. The fraction of sp³-hybridized carbons (Fsp3) is 0.960. The van der Waals surface area contributed by atoms with Gasteiger partial charge in [0.05, 0.1) is 14.2 Å². The Labute approximate surface area is 340 Å². The van der Waals surface area contributed by atoms with Crippen molar-refractivity contribution in [2.24, 2.45) is 0 Å². The summed E-state index contributed by atoms with van der Waals surface area (Å²) in [5.41, 5.74) is 0. The van der Waals surface area contributed by atoms with E-state index < -0.39 is 0 Å². The Kier molecular flexibility index (Phi) is 52.9. The number of hydrogen-bond donors (Lipinski definition) is 0. The molecular weight excluding hydrogens is 665 g/mol. The van der Waals surface area contributed by atoms with Gasteiger partial charge in [-0.05, 0) is 12.8 Å². The number of unbranched alkanes of at least 4 members (excludes halogenated alkanes) is 40. The van der Waals surface area contributed by atoms with Crippen LogP contribution in [0.3, 0.4) is 0 Å². The van der Waals surface area contributed by atoms with Gasteiger partial charge in [-0.3, -0.25) is 9.59 Å². The largest absolute Gasteiger partial charge is 0.469 e. The van der Waals surface area contributed by atoms with Crippen LogP contribution in [0, 0.1) is 0 Å². The predicted octanol–water partition coefficient (Wildman–Crippen LogP) is 17.5. The number of carbonyl (C=O) groups is 2. The Bertz CT molecular complexity index is 634. The zero-order chi connectivity index (χ0) is 39.7. The molecule has 0 atom stereocenters. The molecule has 0 amide bonds. The average molecular weight is 765 g/mol. The minimum absolute atomic E-state index is 0.0622. The molecule has 4 heteroatoms. The van der Waals surface area contributed by atoms with Crippen molar-refractivity contribution in [3.63, 3.8) is 0 Å². The molecule has 54 heavy (non-hydrogen) atoms. The Hall–Kier alpha value is -1.06. The van der Waals surface area contributed by atoms with Crippen molar-refractivity contribution in [1.29, 1.82) is 0 Å². The van der Waals surface area contributed by atoms with Crippen molar-refractivity contribution in [2.45, 2.75) is 296 Å². The van der Waals surface area contributed by atoms with Crippen LogP contribution < -0.4 is 0 Å². The van der Waals surface area contributed by atoms with E-state index in [2.05, 4.69) is 23.3 Å². The Balaban J connectivity index is 0. The second-order valence-corrected chi connectivity index (χ2v) is 16.8. The quantitative estimate of drug-likeness (QED) is 0.0458. The van der Waals surface area contributed by atoms with Crippen LogP contribution in [-0.4, -0.2) is 26.2 Å². The van der Waals surface area contributed by atoms with E-state index >= 15 is 0 Å². The predicted molar refractivity (Wildman–Crippen MR) is 239 cm³/mol. The van der Waals surface area contributed by atoms with E-state index in [-0.39, 0.29) is 11.9 Å². The standard InChI is InChI=1S/2C25H50O2/c2*1-3-4-5-6-7-8-9-10-11-12-13-14-15-16-17-18-19-20-21-22-23-24-25(26)27-2/h2*3-24H2,1-2H3. The first-order chi connectivity index (χ1) is 26.6. The number of esters is 2. The third-order valence-electron chi connectivity index (χ3n) is 11.4. The molecule has 0 saturated heterocycles. The number of carbonyl (C=O) groups excluding carboxylic acids is 2. The fourth-order valence-corrected chi connectivity index (χ4v) is 7.61. The highest BCUT2D eigenvalue weighted by molar-refractivity contribution is 5.69. The van der Waals surface area contributed by atoms with Crippen LogP contribution >= 0.6 is 0 Å². The number of rotatable bonds is 44. The van der Waals surface area contributed by atoms with Crippen LogP contribution in [-0.2, 0) is 19.1 Å². The smallest absolute Gasteiger partial charge is 0.305 e. The molecule has 0 aliphatic heterocycles. The van der Waals surface area contributed by atoms with Crippen LogP contribution in [0.15, 0.2) is 0 Å². The normalized spacial score (nSPS) is 11.0. The van der Waals surface area contributed by atoms with Gasteiger partial charge in [0.2, 0.25) is 0 Å². The summed E-state index contributed by atoms with van der Waals surface area (Å²) < 4.78 is 9.31. The van der Waals surface area contributed by atoms with Crippen LogP contribution in [0.4, 0.5) is 0 Å². The second-order valence-electron chi connectivity index (χ2n) is 16.8. The highest BCUT2D eigenvalue weighted by atomic mass is 16.5. The van der Waals surface area contributed by atoms with Crippen LogP contribution in [0.5, 0.6) is 0 Å². The first-order valence-corrected chi connectivity index (χ1v) is 24.8. The van der Waals surface area contributed by atoms with Gasteiger partial charge >= 0.3 is 11.9 Å². The average Bonchev–Trinajstić information content (AvgIpc) is 3.19. The van der Waals surface area contributed by atoms with Gasteiger partial charge in [-0.1, -0.05) is 271 Å². The first kappa shape index (κ1) is 55.0. The summed E-state index contributed by atoms with van der Waals surface area (Å²) in [5, 5.41) is 0. The van der Waals surface area contributed by atoms with Gasteiger partial charge in [0, 0.05) is 12.8 Å². The molecule has 0 fully saturated rings. The number of methoxy groups -OCH3 is 2. The summed E-state index contributed by atoms with van der Waals surface area (Å²) in [4.78, 5) is 22.0. The molecule has 0 unspecified atom stereocenters. The van der Waals surface area contributed by atoms with Crippen molar-refractivity contribution in [3.05, 3.63) is 0 Å². The van der Waals surface area contributed by atoms with Gasteiger partial charge < -0.3 is 9.47 Å². The molecule has 0 aromatic carbocycles. The lowest BCUT2D eigenvalue weighted by Gasteiger charge is -2.04. The third-order valence-corrected chi connectivity index (χ3v) is 11.4. The SMILES string of the molecule is CCCCCCCCCCCCCCCCCCCCCCCC(=O)OC.CCCCCCCCCCCCCCCCCCCCCCCC(=O)OC.